The molecule has 102 valence electrons. The fourth-order valence-corrected chi connectivity index (χ4v) is 2.51. The molecule has 0 aliphatic carbocycles. The van der Waals surface area contributed by atoms with E-state index in [1.807, 2.05) is 0 Å². The maximum Gasteiger partial charge on any atom is 0.0493 e. The van der Waals surface area contributed by atoms with E-state index in [4.69, 9.17) is 5.73 Å². The van der Waals surface area contributed by atoms with Crippen molar-refractivity contribution < 1.29 is 0 Å². The van der Waals surface area contributed by atoms with Gasteiger partial charge >= 0.3 is 0 Å². The zero-order chi connectivity index (χ0) is 13.6. The fourth-order valence-electron chi connectivity index (χ4n) is 2.16. The van der Waals surface area contributed by atoms with Crippen molar-refractivity contribution in [3.8, 4) is 0 Å². The van der Waals surface area contributed by atoms with Gasteiger partial charge in [0, 0.05) is 22.2 Å². The summed E-state index contributed by atoms with van der Waals surface area (Å²) in [5.41, 5.74) is 8.45. The van der Waals surface area contributed by atoms with Gasteiger partial charge in [0.15, 0.2) is 0 Å². The van der Waals surface area contributed by atoms with Gasteiger partial charge in [0.2, 0.25) is 0 Å². The normalized spacial score (nSPS) is 14.3. The summed E-state index contributed by atoms with van der Waals surface area (Å²) in [6.07, 6.45) is 4.58. The molecule has 1 aromatic carbocycles. The quantitative estimate of drug-likeness (QED) is 0.779. The van der Waals surface area contributed by atoms with Crippen molar-refractivity contribution in [3.63, 3.8) is 0 Å². The second-order valence-electron chi connectivity index (χ2n) is 5.05. The molecule has 3 heteroatoms. The Morgan fingerprint density at radius 2 is 2.06 bits per heavy atom. The first kappa shape index (κ1) is 15.5. The number of unbranched alkanes of at least 4 members (excludes halogenated alkanes) is 1. The second-order valence-corrected chi connectivity index (χ2v) is 5.90. The van der Waals surface area contributed by atoms with E-state index in [-0.39, 0.29) is 5.54 Å². The maximum absolute atomic E-state index is 6.02. The predicted molar refractivity (Wildman–Crippen MR) is 84.1 cm³/mol. The van der Waals surface area contributed by atoms with Crippen LogP contribution in [0.15, 0.2) is 22.7 Å². The van der Waals surface area contributed by atoms with Crippen LogP contribution < -0.4 is 11.1 Å². The van der Waals surface area contributed by atoms with Crippen LogP contribution in [0.2, 0.25) is 0 Å². The highest BCUT2D eigenvalue weighted by Crippen LogP contribution is 2.29. The summed E-state index contributed by atoms with van der Waals surface area (Å²) in [6.45, 7) is 7.21. The Bertz CT molecular complexity index is 373. The summed E-state index contributed by atoms with van der Waals surface area (Å²) in [5.74, 6) is 0. The lowest BCUT2D eigenvalue weighted by atomic mass is 9.89. The molecular formula is C15H25BrN2. The number of anilines is 1. The third-order valence-electron chi connectivity index (χ3n) is 3.60. The number of benzene rings is 1. The molecule has 0 bridgehead atoms. The van der Waals surface area contributed by atoms with Gasteiger partial charge in [-0.3, -0.25) is 0 Å². The summed E-state index contributed by atoms with van der Waals surface area (Å²) in [6, 6.07) is 6.38. The first-order chi connectivity index (χ1) is 8.56. The highest BCUT2D eigenvalue weighted by molar-refractivity contribution is 9.10. The molecule has 0 saturated heterocycles. The molecule has 3 N–H and O–H groups in total. The van der Waals surface area contributed by atoms with Crippen molar-refractivity contribution >= 4 is 21.6 Å². The predicted octanol–water partition coefficient (Wildman–Crippen LogP) is 4.47. The van der Waals surface area contributed by atoms with Crippen molar-refractivity contribution in [3.05, 3.63) is 28.2 Å². The molecule has 2 nitrogen and oxygen atoms in total. The highest BCUT2D eigenvalue weighted by Gasteiger charge is 2.26. The molecule has 18 heavy (non-hydrogen) atoms. The fraction of sp³-hybridized carbons (Fsp3) is 0.600. The van der Waals surface area contributed by atoms with E-state index in [1.165, 1.54) is 18.4 Å². The minimum Gasteiger partial charge on any atom is -0.377 e. The number of halogens is 1. The molecule has 0 radical (unpaired) electrons. The molecule has 0 spiro atoms. The molecule has 0 aromatic heterocycles. The van der Waals surface area contributed by atoms with E-state index < -0.39 is 0 Å². The summed E-state index contributed by atoms with van der Waals surface area (Å²) < 4.78 is 1.11. The Kier molecular flexibility index (Phi) is 6.16. The monoisotopic (exact) mass is 312 g/mol. The van der Waals surface area contributed by atoms with Gasteiger partial charge in [-0.15, -0.1) is 0 Å². The van der Waals surface area contributed by atoms with E-state index in [2.05, 4.69) is 60.2 Å². The Morgan fingerprint density at radius 1 is 1.33 bits per heavy atom. The summed E-state index contributed by atoms with van der Waals surface area (Å²) in [5, 5.41) is 3.66. The van der Waals surface area contributed by atoms with Gasteiger partial charge in [-0.05, 0) is 53.4 Å². The van der Waals surface area contributed by atoms with Crippen molar-refractivity contribution in [2.75, 3.05) is 11.9 Å². The van der Waals surface area contributed by atoms with Crippen LogP contribution in [0, 0.1) is 6.92 Å². The van der Waals surface area contributed by atoms with Gasteiger partial charge in [-0.25, -0.2) is 0 Å². The van der Waals surface area contributed by atoms with Gasteiger partial charge in [-0.1, -0.05) is 32.8 Å². The minimum absolute atomic E-state index is 0.0202. The first-order valence-electron chi connectivity index (χ1n) is 6.81. The lowest BCUT2D eigenvalue weighted by molar-refractivity contribution is 0.411. The average Bonchev–Trinajstić information content (AvgIpc) is 2.39. The number of hydrogen-bond acceptors (Lipinski definition) is 2. The van der Waals surface area contributed by atoms with Crippen molar-refractivity contribution in [2.45, 2.75) is 52.0 Å². The largest absolute Gasteiger partial charge is 0.377 e. The van der Waals surface area contributed by atoms with Gasteiger partial charge < -0.3 is 11.1 Å². The zero-order valence-corrected chi connectivity index (χ0v) is 13.3. The van der Waals surface area contributed by atoms with Gasteiger partial charge in [0.1, 0.15) is 0 Å². The Hall–Kier alpha value is -0.540. The van der Waals surface area contributed by atoms with Crippen LogP contribution in [0.1, 0.15) is 45.1 Å². The molecule has 0 saturated carbocycles. The molecular weight excluding hydrogens is 288 g/mol. The van der Waals surface area contributed by atoms with Crippen LogP contribution >= 0.6 is 15.9 Å². The van der Waals surface area contributed by atoms with Gasteiger partial charge in [-0.2, -0.15) is 0 Å². The lowest BCUT2D eigenvalue weighted by Crippen LogP contribution is -2.45. The van der Waals surface area contributed by atoms with Crippen LogP contribution in [-0.2, 0) is 0 Å². The molecule has 1 atom stereocenters. The minimum atomic E-state index is 0.0202. The zero-order valence-electron chi connectivity index (χ0n) is 11.7. The van der Waals surface area contributed by atoms with E-state index in [0.29, 0.717) is 6.54 Å². The third-order valence-corrected chi connectivity index (χ3v) is 4.29. The first-order valence-corrected chi connectivity index (χ1v) is 7.60. The molecule has 0 amide bonds. The van der Waals surface area contributed by atoms with Crippen LogP contribution in [0.4, 0.5) is 5.69 Å². The van der Waals surface area contributed by atoms with E-state index >= 15 is 0 Å². The van der Waals surface area contributed by atoms with Crippen LogP contribution in [0.3, 0.4) is 0 Å². The Labute approximate surface area is 119 Å². The second kappa shape index (κ2) is 7.15. The lowest BCUT2D eigenvalue weighted by Gasteiger charge is -2.34. The Balaban J connectivity index is 2.91. The summed E-state index contributed by atoms with van der Waals surface area (Å²) in [4.78, 5) is 0. The average molecular weight is 313 g/mol. The smallest absolute Gasteiger partial charge is 0.0493 e. The molecule has 0 fully saturated rings. The molecule has 0 heterocycles. The van der Waals surface area contributed by atoms with Gasteiger partial charge in [0.05, 0.1) is 0 Å². The van der Waals surface area contributed by atoms with Crippen molar-refractivity contribution in [1.29, 1.82) is 0 Å². The molecule has 0 aliphatic rings. The van der Waals surface area contributed by atoms with E-state index in [9.17, 15) is 0 Å². The van der Waals surface area contributed by atoms with Gasteiger partial charge in [0.25, 0.3) is 0 Å². The molecule has 1 rings (SSSR count). The standard InChI is InChI=1S/C15H25BrN2/c1-4-6-9-15(5-2,11-17)18-14-10-12(3)7-8-13(14)16/h7-8,10,18H,4-6,9,11,17H2,1-3H3. The van der Waals surface area contributed by atoms with E-state index in [1.54, 1.807) is 0 Å². The Morgan fingerprint density at radius 3 is 2.61 bits per heavy atom. The number of nitrogens with two attached hydrogens (primary N) is 1. The molecule has 1 unspecified atom stereocenters. The highest BCUT2D eigenvalue weighted by atomic mass is 79.9. The van der Waals surface area contributed by atoms with Crippen molar-refractivity contribution in [2.24, 2.45) is 5.73 Å². The summed E-state index contributed by atoms with van der Waals surface area (Å²) in [7, 11) is 0. The summed E-state index contributed by atoms with van der Waals surface area (Å²) >= 11 is 3.61. The number of hydrogen-bond donors (Lipinski definition) is 2. The van der Waals surface area contributed by atoms with Crippen LogP contribution in [-0.4, -0.2) is 12.1 Å². The third kappa shape index (κ3) is 3.99. The molecule has 1 aromatic rings. The number of rotatable bonds is 7. The number of aryl methyl sites for hydroxylation is 1. The van der Waals surface area contributed by atoms with Crippen LogP contribution in [0.5, 0.6) is 0 Å². The van der Waals surface area contributed by atoms with E-state index in [0.717, 1.165) is 23.0 Å². The SMILES string of the molecule is CCCCC(CC)(CN)Nc1cc(C)ccc1Br. The maximum atomic E-state index is 6.02. The van der Waals surface area contributed by atoms with Crippen molar-refractivity contribution in [1.82, 2.24) is 0 Å². The van der Waals surface area contributed by atoms with Crippen LogP contribution in [0.25, 0.3) is 0 Å². The molecule has 0 aliphatic heterocycles. The topological polar surface area (TPSA) is 38.0 Å². The number of nitrogens with one attached hydrogen (secondary N) is 1.